The number of piperidine rings is 1. The highest BCUT2D eigenvalue weighted by molar-refractivity contribution is 6.30. The van der Waals surface area contributed by atoms with E-state index in [0.29, 0.717) is 56.2 Å². The molecule has 2 amide bonds. The summed E-state index contributed by atoms with van der Waals surface area (Å²) < 4.78 is 0. The number of aromatic nitrogens is 1. The Morgan fingerprint density at radius 1 is 1.21 bits per heavy atom. The van der Waals surface area contributed by atoms with Crippen molar-refractivity contribution in [1.82, 2.24) is 14.8 Å². The van der Waals surface area contributed by atoms with E-state index >= 15 is 0 Å². The fourth-order valence-corrected chi connectivity index (χ4v) is 5.23. The summed E-state index contributed by atoms with van der Waals surface area (Å²) in [5.74, 6) is 0.630. The Balaban J connectivity index is 1.46. The normalized spacial score (nSPS) is 20.7. The number of amides is 2. The van der Waals surface area contributed by atoms with Crippen LogP contribution in [-0.2, 0) is 4.79 Å². The average molecular weight is 482 g/mol. The van der Waals surface area contributed by atoms with Gasteiger partial charge in [0.2, 0.25) is 5.91 Å². The molecule has 9 heteroatoms. The standard InChI is InChI=1S/C25H28ClN5O3/c1-2-31(25(33)34)22-16-30(15-21(22)18-3-5-20(26)6-4-18)24(32)19-8-11-29(12-9-19)23-13-17(14-27)7-10-28-23/h3-7,10,13,19,21-22H,2,8-9,11-12,15-16H2,1H3,(H,33,34)/t21-,22+/m1/s1. The summed E-state index contributed by atoms with van der Waals surface area (Å²) >= 11 is 6.06. The van der Waals surface area contributed by atoms with Crippen LogP contribution in [0.4, 0.5) is 10.6 Å². The van der Waals surface area contributed by atoms with Crippen LogP contribution in [0.5, 0.6) is 0 Å². The molecule has 3 heterocycles. The third kappa shape index (κ3) is 4.95. The molecule has 2 saturated heterocycles. The first-order chi connectivity index (χ1) is 16.4. The van der Waals surface area contributed by atoms with Crippen LogP contribution in [0.3, 0.4) is 0 Å². The number of rotatable bonds is 5. The molecule has 2 aliphatic rings. The smallest absolute Gasteiger partial charge is 0.407 e. The first kappa shape index (κ1) is 23.8. The van der Waals surface area contributed by atoms with Gasteiger partial charge in [0.25, 0.3) is 0 Å². The van der Waals surface area contributed by atoms with Gasteiger partial charge in [0.05, 0.1) is 17.7 Å². The summed E-state index contributed by atoms with van der Waals surface area (Å²) in [6.07, 6.45) is 2.05. The maximum absolute atomic E-state index is 13.5. The highest BCUT2D eigenvalue weighted by Gasteiger charge is 2.42. The number of nitrogens with zero attached hydrogens (tertiary/aromatic N) is 5. The molecule has 34 heavy (non-hydrogen) atoms. The Kier molecular flexibility index (Phi) is 7.23. The fraction of sp³-hybridized carbons (Fsp3) is 0.440. The van der Waals surface area contributed by atoms with Crippen LogP contribution in [0.25, 0.3) is 0 Å². The van der Waals surface area contributed by atoms with Crippen LogP contribution in [0, 0.1) is 17.2 Å². The van der Waals surface area contributed by atoms with Gasteiger partial charge in [-0.3, -0.25) is 4.79 Å². The van der Waals surface area contributed by atoms with Crippen molar-refractivity contribution in [3.8, 4) is 6.07 Å². The number of benzene rings is 1. The van der Waals surface area contributed by atoms with Crippen LogP contribution < -0.4 is 4.90 Å². The molecule has 0 aliphatic carbocycles. The number of likely N-dealkylation sites (N-methyl/N-ethyl adjacent to an activating group) is 1. The predicted molar refractivity (Wildman–Crippen MR) is 129 cm³/mol. The van der Waals surface area contributed by atoms with Gasteiger partial charge < -0.3 is 19.8 Å². The molecule has 0 radical (unpaired) electrons. The molecular weight excluding hydrogens is 454 g/mol. The molecule has 0 bridgehead atoms. The Morgan fingerprint density at radius 3 is 2.53 bits per heavy atom. The number of carbonyl (C=O) groups is 2. The summed E-state index contributed by atoms with van der Waals surface area (Å²) in [4.78, 5) is 35.1. The van der Waals surface area contributed by atoms with Gasteiger partial charge in [0.15, 0.2) is 0 Å². The Labute approximate surface area is 204 Å². The molecule has 0 unspecified atom stereocenters. The topological polar surface area (TPSA) is 101 Å². The highest BCUT2D eigenvalue weighted by atomic mass is 35.5. The largest absolute Gasteiger partial charge is 0.465 e. The van der Waals surface area contributed by atoms with Crippen molar-refractivity contribution in [3.05, 3.63) is 58.7 Å². The maximum Gasteiger partial charge on any atom is 0.407 e. The van der Waals surface area contributed by atoms with E-state index in [4.69, 9.17) is 16.9 Å². The van der Waals surface area contributed by atoms with Gasteiger partial charge in [0, 0.05) is 55.8 Å². The van der Waals surface area contributed by atoms with Crippen molar-refractivity contribution in [1.29, 1.82) is 5.26 Å². The monoisotopic (exact) mass is 481 g/mol. The zero-order valence-corrected chi connectivity index (χ0v) is 19.9. The maximum atomic E-state index is 13.5. The van der Waals surface area contributed by atoms with Crippen LogP contribution in [0.15, 0.2) is 42.6 Å². The number of carboxylic acid groups (broad SMARTS) is 1. The lowest BCUT2D eigenvalue weighted by Gasteiger charge is -2.34. The van der Waals surface area contributed by atoms with Crippen molar-refractivity contribution in [2.75, 3.05) is 37.6 Å². The minimum Gasteiger partial charge on any atom is -0.465 e. The second kappa shape index (κ2) is 10.3. The van der Waals surface area contributed by atoms with Crippen molar-refractivity contribution >= 4 is 29.4 Å². The number of pyridine rings is 1. The molecule has 4 rings (SSSR count). The van der Waals surface area contributed by atoms with Crippen molar-refractivity contribution < 1.29 is 14.7 Å². The lowest BCUT2D eigenvalue weighted by molar-refractivity contribution is -0.135. The zero-order chi connectivity index (χ0) is 24.2. The molecule has 178 valence electrons. The molecule has 2 aliphatic heterocycles. The average Bonchev–Trinajstić information content (AvgIpc) is 3.29. The van der Waals surface area contributed by atoms with Crippen molar-refractivity contribution in [3.63, 3.8) is 0 Å². The molecular formula is C25H28ClN5O3. The number of hydrogen-bond acceptors (Lipinski definition) is 5. The molecule has 8 nitrogen and oxygen atoms in total. The zero-order valence-electron chi connectivity index (χ0n) is 19.1. The number of halogens is 1. The third-order valence-corrected chi connectivity index (χ3v) is 7.18. The van der Waals surface area contributed by atoms with Gasteiger partial charge in [-0.1, -0.05) is 23.7 Å². The van der Waals surface area contributed by atoms with E-state index in [1.165, 1.54) is 4.90 Å². The first-order valence-electron chi connectivity index (χ1n) is 11.6. The second-order valence-corrected chi connectivity index (χ2v) is 9.25. The van der Waals surface area contributed by atoms with Crippen LogP contribution >= 0.6 is 11.6 Å². The number of carbonyl (C=O) groups excluding carboxylic acids is 1. The van der Waals surface area contributed by atoms with Crippen molar-refractivity contribution in [2.24, 2.45) is 5.92 Å². The van der Waals surface area contributed by atoms with E-state index in [9.17, 15) is 14.7 Å². The second-order valence-electron chi connectivity index (χ2n) is 8.81. The van der Waals surface area contributed by atoms with Gasteiger partial charge in [-0.25, -0.2) is 9.78 Å². The SMILES string of the molecule is CCN(C(=O)O)[C@H]1CN(C(=O)C2CCN(c3cc(C#N)ccn3)CC2)C[C@@H]1c1ccc(Cl)cc1. The molecule has 1 N–H and O–H groups in total. The van der Waals surface area contributed by atoms with Crippen LogP contribution in [-0.4, -0.2) is 70.7 Å². The van der Waals surface area contributed by atoms with Gasteiger partial charge in [0.1, 0.15) is 5.82 Å². The number of nitriles is 1. The summed E-state index contributed by atoms with van der Waals surface area (Å²) in [5, 5.41) is 19.5. The Hall–Kier alpha value is -3.31. The third-order valence-electron chi connectivity index (χ3n) is 6.93. The highest BCUT2D eigenvalue weighted by Crippen LogP contribution is 2.34. The van der Waals surface area contributed by atoms with Gasteiger partial charge in [-0.05, 0) is 49.6 Å². The minimum absolute atomic E-state index is 0.0845. The first-order valence-corrected chi connectivity index (χ1v) is 11.9. The summed E-state index contributed by atoms with van der Waals surface area (Å²) in [5.41, 5.74) is 1.56. The van der Waals surface area contributed by atoms with E-state index < -0.39 is 6.09 Å². The quantitative estimate of drug-likeness (QED) is 0.696. The van der Waals surface area contributed by atoms with Crippen LogP contribution in [0.2, 0.25) is 5.02 Å². The lowest BCUT2D eigenvalue weighted by Crippen LogP contribution is -2.45. The molecule has 1 aromatic heterocycles. The van der Waals surface area contributed by atoms with Crippen molar-refractivity contribution in [2.45, 2.75) is 31.7 Å². The van der Waals surface area contributed by atoms with E-state index in [0.717, 1.165) is 11.4 Å². The molecule has 0 spiro atoms. The van der Waals surface area contributed by atoms with Crippen LogP contribution in [0.1, 0.15) is 36.8 Å². The summed E-state index contributed by atoms with van der Waals surface area (Å²) in [6.45, 7) is 4.43. The minimum atomic E-state index is -0.971. The predicted octanol–water partition coefficient (Wildman–Crippen LogP) is 3.82. The number of likely N-dealkylation sites (tertiary alicyclic amines) is 1. The van der Waals surface area contributed by atoms with E-state index in [1.54, 1.807) is 30.5 Å². The van der Waals surface area contributed by atoms with E-state index in [1.807, 2.05) is 24.0 Å². The van der Waals surface area contributed by atoms with Gasteiger partial charge in [-0.15, -0.1) is 0 Å². The van der Waals surface area contributed by atoms with Gasteiger partial charge in [-0.2, -0.15) is 5.26 Å². The van der Waals surface area contributed by atoms with E-state index in [-0.39, 0.29) is 23.8 Å². The number of anilines is 1. The fourth-order valence-electron chi connectivity index (χ4n) is 5.11. The van der Waals surface area contributed by atoms with E-state index in [2.05, 4.69) is 16.0 Å². The molecule has 2 atom stereocenters. The van der Waals surface area contributed by atoms with Gasteiger partial charge >= 0.3 is 6.09 Å². The number of hydrogen-bond donors (Lipinski definition) is 1. The Morgan fingerprint density at radius 2 is 1.91 bits per heavy atom. The summed E-state index contributed by atoms with van der Waals surface area (Å²) in [6, 6.07) is 12.7. The molecule has 0 saturated carbocycles. The summed E-state index contributed by atoms with van der Waals surface area (Å²) in [7, 11) is 0. The molecule has 1 aromatic carbocycles. The molecule has 2 aromatic rings. The Bertz CT molecular complexity index is 1080. The molecule has 2 fully saturated rings. The lowest BCUT2D eigenvalue weighted by atomic mass is 9.93.